The van der Waals surface area contributed by atoms with E-state index >= 15 is 0 Å². The average Bonchev–Trinajstić information content (AvgIpc) is 2.32. The molecule has 0 saturated heterocycles. The van der Waals surface area contributed by atoms with Crippen molar-refractivity contribution in [2.24, 2.45) is 0 Å². The Morgan fingerprint density at radius 2 is 1.90 bits per heavy atom. The second-order valence-electron chi connectivity index (χ2n) is 4.04. The van der Waals surface area contributed by atoms with Crippen molar-refractivity contribution in [1.82, 2.24) is 4.98 Å². The fourth-order valence-electron chi connectivity index (χ4n) is 1.82. The lowest BCUT2D eigenvalue weighted by molar-refractivity contribution is -0.141. The highest BCUT2D eigenvalue weighted by Crippen LogP contribution is 2.30. The summed E-state index contributed by atoms with van der Waals surface area (Å²) in [5.41, 5.74) is -2.67. The van der Waals surface area contributed by atoms with Crippen molar-refractivity contribution in [2.75, 3.05) is 0 Å². The summed E-state index contributed by atoms with van der Waals surface area (Å²) in [7, 11) is 0. The molecule has 20 heavy (non-hydrogen) atoms. The van der Waals surface area contributed by atoms with Gasteiger partial charge in [-0.15, -0.1) is 0 Å². The Balaban J connectivity index is 2.68. The van der Waals surface area contributed by atoms with Gasteiger partial charge in [0.05, 0.1) is 0 Å². The number of halogens is 5. The van der Waals surface area contributed by atoms with E-state index in [0.717, 1.165) is 25.1 Å². The number of benzene rings is 1. The van der Waals surface area contributed by atoms with Crippen LogP contribution in [0.1, 0.15) is 11.3 Å². The fraction of sp³-hybridized carbons (Fsp3) is 0.250. The van der Waals surface area contributed by atoms with Crippen molar-refractivity contribution in [2.45, 2.75) is 19.7 Å². The molecule has 1 N–H and O–H groups in total. The number of nitrogens with one attached hydrogen (secondary N) is 1. The summed E-state index contributed by atoms with van der Waals surface area (Å²) in [6.07, 6.45) is -4.70. The van der Waals surface area contributed by atoms with Crippen LogP contribution in [0.5, 0.6) is 5.75 Å². The molecule has 2 rings (SSSR count). The summed E-state index contributed by atoms with van der Waals surface area (Å²) in [4.78, 5) is 14.0. The third kappa shape index (κ3) is 2.59. The van der Waals surface area contributed by atoms with Gasteiger partial charge in [-0.2, -0.15) is 22.0 Å². The van der Waals surface area contributed by atoms with Crippen LogP contribution >= 0.6 is 0 Å². The van der Waals surface area contributed by atoms with Gasteiger partial charge in [0.25, 0.3) is 0 Å². The summed E-state index contributed by atoms with van der Waals surface area (Å²) in [6.45, 7) is -2.07. The van der Waals surface area contributed by atoms with Gasteiger partial charge in [0, 0.05) is 16.5 Å². The number of ether oxygens (including phenoxy) is 1. The number of aromatic amines is 1. The van der Waals surface area contributed by atoms with Crippen molar-refractivity contribution in [3.8, 4) is 5.75 Å². The number of pyridine rings is 1. The first-order valence-electron chi connectivity index (χ1n) is 5.39. The first-order valence-corrected chi connectivity index (χ1v) is 5.39. The number of H-pyrrole nitrogens is 1. The Kier molecular flexibility index (Phi) is 3.41. The van der Waals surface area contributed by atoms with E-state index < -0.39 is 29.5 Å². The Morgan fingerprint density at radius 3 is 2.45 bits per heavy atom. The molecule has 0 aliphatic rings. The first kappa shape index (κ1) is 14.3. The molecule has 0 amide bonds. The van der Waals surface area contributed by atoms with E-state index in [1.807, 2.05) is 0 Å². The molecule has 108 valence electrons. The number of aromatic nitrogens is 1. The number of fused-ring (bicyclic) bond motifs is 1. The number of rotatable bonds is 2. The van der Waals surface area contributed by atoms with Crippen LogP contribution in [0.2, 0.25) is 0 Å². The molecular formula is C12H8F5NO2. The second kappa shape index (κ2) is 4.77. The summed E-state index contributed by atoms with van der Waals surface area (Å²) < 4.78 is 66.4. The molecule has 8 heteroatoms. The van der Waals surface area contributed by atoms with Crippen LogP contribution in [0.3, 0.4) is 0 Å². The smallest absolute Gasteiger partial charge is 0.431 e. The van der Waals surface area contributed by atoms with Crippen LogP contribution in [-0.2, 0) is 6.18 Å². The van der Waals surface area contributed by atoms with Crippen molar-refractivity contribution in [1.29, 1.82) is 0 Å². The third-order valence-electron chi connectivity index (χ3n) is 2.72. The first-order chi connectivity index (χ1) is 9.20. The van der Waals surface area contributed by atoms with Gasteiger partial charge >= 0.3 is 12.8 Å². The largest absolute Gasteiger partial charge is 0.435 e. The molecule has 0 saturated carbocycles. The molecule has 0 unspecified atom stereocenters. The molecule has 0 fully saturated rings. The zero-order valence-corrected chi connectivity index (χ0v) is 10.0. The van der Waals surface area contributed by atoms with Crippen molar-refractivity contribution >= 4 is 10.9 Å². The van der Waals surface area contributed by atoms with Crippen LogP contribution in [0.15, 0.2) is 23.0 Å². The van der Waals surface area contributed by atoms with Crippen LogP contribution in [0.25, 0.3) is 10.9 Å². The molecule has 1 aromatic heterocycles. The Labute approximate surface area is 109 Å². The number of alkyl halides is 5. The van der Waals surface area contributed by atoms with E-state index in [4.69, 9.17) is 0 Å². The topological polar surface area (TPSA) is 42.1 Å². The predicted octanol–water partition coefficient (Wildman–Crippen LogP) is 3.46. The standard InChI is InChI=1S/C12H8F5NO2/c1-5-9(19)7-4-6(20-11(13)14)2-3-8(7)18-10(5)12(15,16)17/h2-4,11H,1H3,(H,18,19). The lowest BCUT2D eigenvalue weighted by Crippen LogP contribution is -2.18. The van der Waals surface area contributed by atoms with Gasteiger partial charge in [-0.1, -0.05) is 0 Å². The Morgan fingerprint density at radius 1 is 1.25 bits per heavy atom. The van der Waals surface area contributed by atoms with E-state index in [1.165, 1.54) is 0 Å². The minimum Gasteiger partial charge on any atom is -0.435 e. The van der Waals surface area contributed by atoms with Crippen LogP contribution in [0, 0.1) is 6.92 Å². The van der Waals surface area contributed by atoms with Gasteiger partial charge in [0.2, 0.25) is 0 Å². The molecule has 3 nitrogen and oxygen atoms in total. The summed E-state index contributed by atoms with van der Waals surface area (Å²) in [6, 6.07) is 3.12. The summed E-state index contributed by atoms with van der Waals surface area (Å²) in [5.74, 6) is -0.294. The van der Waals surface area contributed by atoms with Crippen molar-refractivity contribution in [3.05, 3.63) is 39.7 Å². The molecule has 0 bridgehead atoms. The molecule has 0 aliphatic heterocycles. The molecule has 0 aliphatic carbocycles. The molecular weight excluding hydrogens is 285 g/mol. The van der Waals surface area contributed by atoms with Crippen molar-refractivity contribution < 1.29 is 26.7 Å². The van der Waals surface area contributed by atoms with Crippen LogP contribution in [-0.4, -0.2) is 11.6 Å². The van der Waals surface area contributed by atoms with E-state index in [-0.39, 0.29) is 16.7 Å². The lowest BCUT2D eigenvalue weighted by Gasteiger charge is -2.12. The normalized spacial score (nSPS) is 12.2. The van der Waals surface area contributed by atoms with Gasteiger partial charge in [0.15, 0.2) is 5.43 Å². The molecule has 1 aromatic carbocycles. The highest BCUT2D eigenvalue weighted by Gasteiger charge is 2.34. The maximum atomic E-state index is 12.7. The molecule has 0 radical (unpaired) electrons. The van der Waals surface area contributed by atoms with Crippen LogP contribution in [0.4, 0.5) is 22.0 Å². The van der Waals surface area contributed by atoms with E-state index in [9.17, 15) is 26.7 Å². The van der Waals surface area contributed by atoms with Gasteiger partial charge < -0.3 is 9.72 Å². The van der Waals surface area contributed by atoms with E-state index in [2.05, 4.69) is 9.72 Å². The zero-order chi connectivity index (χ0) is 15.1. The van der Waals surface area contributed by atoms with Crippen LogP contribution < -0.4 is 10.2 Å². The molecule has 1 heterocycles. The maximum absolute atomic E-state index is 12.7. The van der Waals surface area contributed by atoms with E-state index in [0.29, 0.717) is 0 Å². The minimum atomic E-state index is -4.70. The monoisotopic (exact) mass is 293 g/mol. The maximum Gasteiger partial charge on any atom is 0.431 e. The average molecular weight is 293 g/mol. The van der Waals surface area contributed by atoms with Gasteiger partial charge in [-0.3, -0.25) is 4.79 Å². The number of hydrogen-bond donors (Lipinski definition) is 1. The SMILES string of the molecule is Cc1c(C(F)(F)F)[nH]c2ccc(OC(F)F)cc2c1=O. The third-order valence-corrected chi connectivity index (χ3v) is 2.72. The quantitative estimate of drug-likeness (QED) is 0.862. The Bertz CT molecular complexity index is 705. The lowest BCUT2D eigenvalue weighted by atomic mass is 10.1. The highest BCUT2D eigenvalue weighted by molar-refractivity contribution is 5.81. The summed E-state index contributed by atoms with van der Waals surface area (Å²) in [5, 5.41) is -0.145. The molecule has 0 spiro atoms. The molecule has 2 aromatic rings. The number of hydrogen-bond acceptors (Lipinski definition) is 2. The summed E-state index contributed by atoms with van der Waals surface area (Å²) >= 11 is 0. The van der Waals surface area contributed by atoms with Gasteiger partial charge in [0.1, 0.15) is 11.4 Å². The van der Waals surface area contributed by atoms with E-state index in [1.54, 1.807) is 0 Å². The zero-order valence-electron chi connectivity index (χ0n) is 10.0. The van der Waals surface area contributed by atoms with Gasteiger partial charge in [-0.05, 0) is 25.1 Å². The minimum absolute atomic E-state index is 0.102. The van der Waals surface area contributed by atoms with Crippen molar-refractivity contribution in [3.63, 3.8) is 0 Å². The predicted molar refractivity (Wildman–Crippen MR) is 60.9 cm³/mol. The Hall–Kier alpha value is -2.12. The van der Waals surface area contributed by atoms with Gasteiger partial charge in [-0.25, -0.2) is 0 Å². The molecule has 0 atom stereocenters. The fourth-order valence-corrected chi connectivity index (χ4v) is 1.82. The highest BCUT2D eigenvalue weighted by atomic mass is 19.4. The second-order valence-corrected chi connectivity index (χ2v) is 4.04.